The summed E-state index contributed by atoms with van der Waals surface area (Å²) in [5.41, 5.74) is 0.998. The van der Waals surface area contributed by atoms with E-state index in [1.165, 1.54) is 12.1 Å². The number of halogens is 4. The van der Waals surface area contributed by atoms with Crippen molar-refractivity contribution in [2.75, 3.05) is 0 Å². The van der Waals surface area contributed by atoms with Crippen LogP contribution in [0.1, 0.15) is 17.9 Å². The first-order valence-electron chi connectivity index (χ1n) is 6.51. The lowest BCUT2D eigenvalue weighted by Gasteiger charge is -2.01. The van der Waals surface area contributed by atoms with Crippen molar-refractivity contribution in [3.63, 3.8) is 0 Å². The summed E-state index contributed by atoms with van der Waals surface area (Å²) in [6.45, 7) is 0. The van der Waals surface area contributed by atoms with Crippen LogP contribution in [0.2, 0.25) is 0 Å². The topological polar surface area (TPSA) is 56.0 Å². The minimum atomic E-state index is -4.69. The minimum Gasteiger partial charge on any atom is -0.329 e. The van der Waals surface area contributed by atoms with Crippen LogP contribution in [0, 0.1) is 5.92 Å². The third kappa shape index (κ3) is 3.00. The van der Waals surface area contributed by atoms with E-state index >= 15 is 0 Å². The molecular weight excluding hydrogens is 304 g/mol. The molecule has 0 bridgehead atoms. The fourth-order valence-electron chi connectivity index (χ4n) is 2.06. The molecule has 1 aromatic carbocycles. The molecular formula is C14H10F4N2O2. The average Bonchev–Trinajstić information content (AvgIpc) is 2.99. The molecule has 0 amide bonds. The summed E-state index contributed by atoms with van der Waals surface area (Å²) in [7, 11) is 0. The number of nitrogens with zero attached hydrogens (tertiary/aromatic N) is 2. The van der Waals surface area contributed by atoms with Gasteiger partial charge in [-0.15, -0.1) is 0 Å². The molecule has 116 valence electrons. The van der Waals surface area contributed by atoms with Gasteiger partial charge in [0.2, 0.25) is 5.82 Å². The van der Waals surface area contributed by atoms with Gasteiger partial charge < -0.3 is 4.52 Å². The summed E-state index contributed by atoms with van der Waals surface area (Å²) in [6, 6.07) is 6.14. The Labute approximate surface area is 122 Å². The second-order valence-electron chi connectivity index (χ2n) is 5.12. The van der Waals surface area contributed by atoms with Gasteiger partial charge in [0, 0.05) is 12.0 Å². The van der Waals surface area contributed by atoms with E-state index in [9.17, 15) is 22.4 Å². The van der Waals surface area contributed by atoms with E-state index in [1.54, 1.807) is 12.1 Å². The molecule has 2 atom stereocenters. The Morgan fingerprint density at radius 2 is 1.91 bits per heavy atom. The molecule has 1 aromatic heterocycles. The molecule has 8 heteroatoms. The van der Waals surface area contributed by atoms with Crippen molar-refractivity contribution in [3.05, 3.63) is 35.7 Å². The first kappa shape index (κ1) is 14.7. The summed E-state index contributed by atoms with van der Waals surface area (Å²) < 4.78 is 54.0. The quantitative estimate of drug-likeness (QED) is 0.813. The predicted octanol–water partition coefficient (Wildman–Crippen LogP) is 3.23. The second kappa shape index (κ2) is 5.19. The number of aromatic nitrogens is 2. The molecule has 3 rings (SSSR count). The van der Waals surface area contributed by atoms with Crippen molar-refractivity contribution in [1.29, 1.82) is 0 Å². The van der Waals surface area contributed by atoms with E-state index in [0.717, 1.165) is 0 Å². The van der Waals surface area contributed by atoms with Crippen LogP contribution in [-0.2, 0) is 17.4 Å². The van der Waals surface area contributed by atoms with Gasteiger partial charge in [-0.05, 0) is 12.0 Å². The maximum Gasteiger partial charge on any atom is 0.471 e. The first-order chi connectivity index (χ1) is 10.3. The second-order valence-corrected chi connectivity index (χ2v) is 5.12. The molecule has 1 saturated carbocycles. The van der Waals surface area contributed by atoms with Crippen LogP contribution in [-0.4, -0.2) is 22.1 Å². The molecule has 1 aliphatic carbocycles. The lowest BCUT2D eigenvalue weighted by Crippen LogP contribution is -2.06. The number of hydrogen-bond acceptors (Lipinski definition) is 4. The highest BCUT2D eigenvalue weighted by Crippen LogP contribution is 2.35. The Bertz CT molecular complexity index is 694. The van der Waals surface area contributed by atoms with Crippen LogP contribution in [0.4, 0.5) is 17.6 Å². The molecule has 0 N–H and O–H groups in total. The molecule has 2 aromatic rings. The zero-order valence-electron chi connectivity index (χ0n) is 11.1. The lowest BCUT2D eigenvalue weighted by atomic mass is 10.0. The highest BCUT2D eigenvalue weighted by molar-refractivity contribution is 5.86. The third-order valence-corrected chi connectivity index (χ3v) is 3.39. The van der Waals surface area contributed by atoms with Crippen molar-refractivity contribution in [1.82, 2.24) is 10.1 Å². The summed E-state index contributed by atoms with van der Waals surface area (Å²) >= 11 is 0. The molecule has 0 spiro atoms. The van der Waals surface area contributed by atoms with E-state index in [0.29, 0.717) is 11.1 Å². The van der Waals surface area contributed by atoms with Crippen LogP contribution in [0.25, 0.3) is 11.4 Å². The Balaban J connectivity index is 1.71. The third-order valence-electron chi connectivity index (χ3n) is 3.39. The SMILES string of the molecule is O=C(Cc1ccc(-c2noc(C(F)(F)F)n2)cc1)C1CC1F. The number of hydrogen-bond donors (Lipinski definition) is 0. The standard InChI is InChI=1S/C14H10F4N2O2/c15-10-6-9(10)11(21)5-7-1-3-8(4-2-7)12-19-13(22-20-12)14(16,17)18/h1-4,9-10H,5-6H2. The van der Waals surface area contributed by atoms with Crippen molar-refractivity contribution in [2.45, 2.75) is 25.2 Å². The Kier molecular flexibility index (Phi) is 3.46. The Morgan fingerprint density at radius 3 is 2.41 bits per heavy atom. The first-order valence-corrected chi connectivity index (χ1v) is 6.51. The normalized spacial score (nSPS) is 20.9. The molecule has 1 fully saturated rings. The summed E-state index contributed by atoms with van der Waals surface area (Å²) in [5, 5.41) is 3.27. The molecule has 4 nitrogen and oxygen atoms in total. The molecule has 0 radical (unpaired) electrons. The molecule has 1 aliphatic rings. The number of rotatable bonds is 4. The zero-order chi connectivity index (χ0) is 15.9. The van der Waals surface area contributed by atoms with Gasteiger partial charge in [-0.1, -0.05) is 29.4 Å². The minimum absolute atomic E-state index is 0.103. The van der Waals surface area contributed by atoms with Crippen molar-refractivity contribution in [2.24, 2.45) is 5.92 Å². The fraction of sp³-hybridized carbons (Fsp3) is 0.357. The largest absolute Gasteiger partial charge is 0.471 e. The van der Waals surface area contributed by atoms with Gasteiger partial charge in [0.05, 0.1) is 5.92 Å². The van der Waals surface area contributed by atoms with Gasteiger partial charge in [0.1, 0.15) is 12.0 Å². The number of carbonyl (C=O) groups excluding carboxylic acids is 1. The maximum atomic E-state index is 12.8. The van der Waals surface area contributed by atoms with E-state index in [2.05, 4.69) is 14.7 Å². The van der Waals surface area contributed by atoms with Crippen LogP contribution in [0.3, 0.4) is 0 Å². The highest BCUT2D eigenvalue weighted by Gasteiger charge is 2.42. The Hall–Kier alpha value is -2.25. The molecule has 1 heterocycles. The molecule has 2 unspecified atom stereocenters. The fourth-order valence-corrected chi connectivity index (χ4v) is 2.06. The summed E-state index contributed by atoms with van der Waals surface area (Å²) in [6.07, 6.45) is -5.34. The van der Waals surface area contributed by atoms with Gasteiger partial charge in [-0.3, -0.25) is 4.79 Å². The van der Waals surface area contributed by atoms with Gasteiger partial charge >= 0.3 is 12.1 Å². The number of carbonyl (C=O) groups is 1. The predicted molar refractivity (Wildman–Crippen MR) is 66.5 cm³/mol. The van der Waals surface area contributed by atoms with Gasteiger partial charge in [-0.25, -0.2) is 4.39 Å². The zero-order valence-corrected chi connectivity index (χ0v) is 11.1. The average molecular weight is 314 g/mol. The number of Topliss-reactive ketones (excluding diaryl/α,β-unsaturated/α-hetero) is 1. The Morgan fingerprint density at radius 1 is 1.27 bits per heavy atom. The molecule has 0 saturated heterocycles. The van der Waals surface area contributed by atoms with Crippen molar-refractivity contribution in [3.8, 4) is 11.4 Å². The van der Waals surface area contributed by atoms with E-state index in [4.69, 9.17) is 0 Å². The van der Waals surface area contributed by atoms with Crippen molar-refractivity contribution < 1.29 is 26.9 Å². The highest BCUT2D eigenvalue weighted by atomic mass is 19.4. The van der Waals surface area contributed by atoms with Crippen molar-refractivity contribution >= 4 is 5.78 Å². The summed E-state index contributed by atoms with van der Waals surface area (Å²) in [5.74, 6) is -2.27. The summed E-state index contributed by atoms with van der Waals surface area (Å²) in [4.78, 5) is 14.9. The number of benzene rings is 1. The monoisotopic (exact) mass is 314 g/mol. The van der Waals surface area contributed by atoms with Crippen LogP contribution in [0.5, 0.6) is 0 Å². The number of ketones is 1. The smallest absolute Gasteiger partial charge is 0.329 e. The van der Waals surface area contributed by atoms with E-state index in [-0.39, 0.29) is 24.4 Å². The molecule has 0 aliphatic heterocycles. The van der Waals surface area contributed by atoms with Gasteiger partial charge in [-0.2, -0.15) is 18.2 Å². The van der Waals surface area contributed by atoms with Crippen LogP contribution in [0.15, 0.2) is 28.8 Å². The van der Waals surface area contributed by atoms with Gasteiger partial charge in [0.25, 0.3) is 0 Å². The van der Waals surface area contributed by atoms with E-state index in [1.807, 2.05) is 0 Å². The van der Waals surface area contributed by atoms with E-state index < -0.39 is 24.2 Å². The maximum absolute atomic E-state index is 12.8. The molecule has 22 heavy (non-hydrogen) atoms. The lowest BCUT2D eigenvalue weighted by molar-refractivity contribution is -0.159. The van der Waals surface area contributed by atoms with Crippen LogP contribution < -0.4 is 0 Å². The van der Waals surface area contributed by atoms with Crippen LogP contribution >= 0.6 is 0 Å². The number of alkyl halides is 4. The van der Waals surface area contributed by atoms with Gasteiger partial charge in [0.15, 0.2) is 0 Å².